The average Bonchev–Trinajstić information content (AvgIpc) is 2.97. The molecule has 2 aromatic heterocycles. The number of aromatic hydroxyl groups is 1. The fraction of sp³-hybridized carbons (Fsp3) is 0.258. The molecule has 43 heavy (non-hydrogen) atoms. The number of phenolic OH excluding ortho intramolecular Hbond substituents is 1. The van der Waals surface area contributed by atoms with E-state index in [4.69, 9.17) is 16.2 Å². The summed E-state index contributed by atoms with van der Waals surface area (Å²) in [4.78, 5) is 36.0. The Bertz CT molecular complexity index is 1570. The molecular weight excluding hydrogens is 548 g/mol. The maximum atomic E-state index is 12.4. The molecule has 12 nitrogen and oxygen atoms in total. The molecule has 0 fully saturated rings. The second-order valence-electron chi connectivity index (χ2n) is 9.79. The number of benzene rings is 2. The van der Waals surface area contributed by atoms with Gasteiger partial charge in [-0.15, -0.1) is 0 Å². The lowest BCUT2D eigenvalue weighted by atomic mass is 10.1. The van der Waals surface area contributed by atoms with Crippen LogP contribution in [0.25, 0.3) is 11.3 Å². The van der Waals surface area contributed by atoms with Crippen molar-refractivity contribution in [1.82, 2.24) is 19.9 Å². The topological polar surface area (TPSA) is 183 Å². The Morgan fingerprint density at radius 3 is 2.47 bits per heavy atom. The van der Waals surface area contributed by atoms with E-state index in [-0.39, 0.29) is 29.8 Å². The van der Waals surface area contributed by atoms with Crippen LogP contribution >= 0.6 is 0 Å². The SMILES string of the molecule is CCn1c(-c2cc(N)cc(O)c2)cnc(NC(C)C)c1=O.CNCc1ccc(/C(N)=N/C(=O)OCc2cccnc2)cc1. The van der Waals surface area contributed by atoms with Crippen LogP contribution in [0.1, 0.15) is 37.5 Å². The predicted molar refractivity (Wildman–Crippen MR) is 169 cm³/mol. The molecule has 4 aromatic rings. The molecule has 12 heteroatoms. The number of ether oxygens (including phenoxy) is 1. The first-order valence-electron chi connectivity index (χ1n) is 13.7. The highest BCUT2D eigenvalue weighted by Gasteiger charge is 2.12. The van der Waals surface area contributed by atoms with Crippen molar-refractivity contribution in [1.29, 1.82) is 0 Å². The van der Waals surface area contributed by atoms with E-state index >= 15 is 0 Å². The molecule has 0 saturated heterocycles. The maximum Gasteiger partial charge on any atom is 0.435 e. The minimum atomic E-state index is -0.722. The lowest BCUT2D eigenvalue weighted by molar-refractivity contribution is 0.150. The van der Waals surface area contributed by atoms with Crippen LogP contribution in [0, 0.1) is 0 Å². The van der Waals surface area contributed by atoms with Crippen molar-refractivity contribution in [3.05, 3.63) is 100 Å². The number of anilines is 2. The van der Waals surface area contributed by atoms with Crippen LogP contribution in [-0.2, 0) is 24.4 Å². The van der Waals surface area contributed by atoms with Crippen LogP contribution in [-0.4, -0.2) is 44.7 Å². The smallest absolute Gasteiger partial charge is 0.435 e. The number of aromatic nitrogens is 3. The zero-order valence-corrected chi connectivity index (χ0v) is 24.7. The van der Waals surface area contributed by atoms with Gasteiger partial charge in [-0.05, 0) is 51.6 Å². The molecule has 0 radical (unpaired) electrons. The van der Waals surface area contributed by atoms with Gasteiger partial charge in [0.25, 0.3) is 5.56 Å². The van der Waals surface area contributed by atoms with Gasteiger partial charge in [0.2, 0.25) is 0 Å². The molecule has 0 spiro atoms. The van der Waals surface area contributed by atoms with Gasteiger partial charge in [0.15, 0.2) is 5.82 Å². The second kappa shape index (κ2) is 15.7. The third-order valence-electron chi connectivity index (χ3n) is 5.96. The monoisotopic (exact) mass is 586 g/mol. The molecule has 1 amide bonds. The van der Waals surface area contributed by atoms with Gasteiger partial charge in [-0.3, -0.25) is 9.78 Å². The highest BCUT2D eigenvalue weighted by Crippen LogP contribution is 2.26. The molecule has 0 bridgehead atoms. The number of carbonyl (C=O) groups excluding carboxylic acids is 1. The number of hydrogen-bond acceptors (Lipinski definition) is 9. The summed E-state index contributed by atoms with van der Waals surface area (Å²) in [5.74, 6) is 0.514. The summed E-state index contributed by atoms with van der Waals surface area (Å²) in [6, 6.07) is 15.9. The van der Waals surface area contributed by atoms with Crippen LogP contribution in [0.3, 0.4) is 0 Å². The minimum Gasteiger partial charge on any atom is -0.508 e. The van der Waals surface area contributed by atoms with E-state index < -0.39 is 6.09 Å². The number of nitrogens with two attached hydrogens (primary N) is 2. The Hall–Kier alpha value is -5.23. The van der Waals surface area contributed by atoms with Gasteiger partial charge in [0.05, 0.1) is 11.9 Å². The van der Waals surface area contributed by atoms with Crippen LogP contribution in [0.5, 0.6) is 5.75 Å². The zero-order chi connectivity index (χ0) is 31.4. The summed E-state index contributed by atoms with van der Waals surface area (Å²) in [6.45, 7) is 7.16. The molecule has 2 aromatic carbocycles. The van der Waals surface area contributed by atoms with Gasteiger partial charge in [-0.1, -0.05) is 30.3 Å². The van der Waals surface area contributed by atoms with Crippen molar-refractivity contribution < 1.29 is 14.6 Å². The summed E-state index contributed by atoms with van der Waals surface area (Å²) in [5.41, 5.74) is 15.7. The Labute approximate surface area is 250 Å². The van der Waals surface area contributed by atoms with Gasteiger partial charge in [0.1, 0.15) is 18.2 Å². The number of hydrogen-bond donors (Lipinski definition) is 5. The third kappa shape index (κ3) is 9.68. The third-order valence-corrected chi connectivity index (χ3v) is 5.96. The fourth-order valence-corrected chi connectivity index (χ4v) is 4.01. The van der Waals surface area contributed by atoms with Crippen molar-refractivity contribution >= 4 is 23.4 Å². The number of nitrogens with one attached hydrogen (secondary N) is 2. The molecule has 0 saturated carbocycles. The van der Waals surface area contributed by atoms with E-state index in [1.165, 1.54) is 6.07 Å². The van der Waals surface area contributed by atoms with E-state index in [0.29, 0.717) is 34.9 Å². The summed E-state index contributed by atoms with van der Waals surface area (Å²) >= 11 is 0. The van der Waals surface area contributed by atoms with Gasteiger partial charge in [-0.2, -0.15) is 4.99 Å². The van der Waals surface area contributed by atoms with Crippen molar-refractivity contribution in [2.24, 2.45) is 10.7 Å². The Morgan fingerprint density at radius 2 is 1.86 bits per heavy atom. The van der Waals surface area contributed by atoms with Crippen molar-refractivity contribution in [3.63, 3.8) is 0 Å². The molecule has 0 unspecified atom stereocenters. The summed E-state index contributed by atoms with van der Waals surface area (Å²) in [7, 11) is 1.88. The van der Waals surface area contributed by atoms with E-state index in [9.17, 15) is 14.7 Å². The molecule has 226 valence electrons. The summed E-state index contributed by atoms with van der Waals surface area (Å²) in [6.07, 6.45) is 4.17. The zero-order valence-electron chi connectivity index (χ0n) is 24.7. The first-order chi connectivity index (χ1) is 20.6. The Morgan fingerprint density at radius 1 is 1.12 bits per heavy atom. The first kappa shape index (κ1) is 32.3. The van der Waals surface area contributed by atoms with Gasteiger partial charge in [0, 0.05) is 60.0 Å². The highest BCUT2D eigenvalue weighted by molar-refractivity contribution is 6.02. The normalized spacial score (nSPS) is 11.0. The highest BCUT2D eigenvalue weighted by atomic mass is 16.5. The molecule has 7 N–H and O–H groups in total. The summed E-state index contributed by atoms with van der Waals surface area (Å²) < 4.78 is 6.63. The fourth-order valence-electron chi connectivity index (χ4n) is 4.01. The minimum absolute atomic E-state index is 0.0597. The molecule has 0 aliphatic rings. The number of rotatable bonds is 9. The molecule has 0 aliphatic carbocycles. The van der Waals surface area contributed by atoms with Crippen molar-refractivity contribution in [2.75, 3.05) is 18.1 Å². The summed E-state index contributed by atoms with van der Waals surface area (Å²) in [5, 5.41) is 15.7. The van der Waals surface area contributed by atoms with E-state index in [0.717, 1.165) is 17.7 Å². The van der Waals surface area contributed by atoms with Crippen molar-refractivity contribution in [3.8, 4) is 17.0 Å². The quantitative estimate of drug-likeness (QED) is 0.110. The number of phenols is 1. The maximum absolute atomic E-state index is 12.4. The Balaban J connectivity index is 0.000000236. The molecule has 2 heterocycles. The predicted octanol–water partition coefficient (Wildman–Crippen LogP) is 3.88. The second-order valence-corrected chi connectivity index (χ2v) is 9.79. The first-order valence-corrected chi connectivity index (χ1v) is 13.7. The van der Waals surface area contributed by atoms with Crippen LogP contribution in [0.2, 0.25) is 0 Å². The molecule has 0 atom stereocenters. The molecular formula is C31H38N8O4. The molecule has 0 aliphatic heterocycles. The van der Waals surface area contributed by atoms with Crippen molar-refractivity contribution in [2.45, 2.75) is 46.5 Å². The van der Waals surface area contributed by atoms with E-state index in [1.807, 2.05) is 58.2 Å². The van der Waals surface area contributed by atoms with Gasteiger partial charge >= 0.3 is 6.09 Å². The average molecular weight is 587 g/mol. The number of pyridine rings is 1. The molecule has 4 rings (SSSR count). The van der Waals surface area contributed by atoms with Gasteiger partial charge in [-0.25, -0.2) is 9.78 Å². The lowest BCUT2D eigenvalue weighted by Gasteiger charge is -2.15. The van der Waals surface area contributed by atoms with Gasteiger partial charge < -0.3 is 36.5 Å². The number of amidine groups is 1. The van der Waals surface area contributed by atoms with E-state index in [2.05, 4.69) is 25.6 Å². The largest absolute Gasteiger partial charge is 0.508 e. The standard InChI is InChI=1S/C16H18N4O2.C15H20N4O2/c1-18-9-12-4-6-14(7-5-12)15(17)20-16(21)22-11-13-3-2-8-19-10-13;1-4-19-13(10-5-11(16)7-12(20)6-10)8-17-14(15(19)21)18-9(2)3/h2-8,10,18H,9,11H2,1H3,(H2,17,20,21);5-9,20H,4,16H2,1-3H3,(H,17,18). The number of carbonyl (C=O) groups is 1. The number of amides is 1. The number of nitrogen functional groups attached to an aromatic ring is 1. The van der Waals surface area contributed by atoms with E-state index in [1.54, 1.807) is 41.4 Å². The van der Waals surface area contributed by atoms with Crippen LogP contribution < -0.4 is 27.7 Å². The lowest BCUT2D eigenvalue weighted by Crippen LogP contribution is -2.27. The number of nitrogens with zero attached hydrogens (tertiary/aromatic N) is 4. The van der Waals surface area contributed by atoms with Crippen LogP contribution in [0.4, 0.5) is 16.3 Å². The Kier molecular flexibility index (Phi) is 11.8. The van der Waals surface area contributed by atoms with Crippen LogP contribution in [0.15, 0.2) is 83.0 Å². The number of aliphatic imine (C=N–C) groups is 1.